The molecule has 0 aromatic heterocycles. The average molecular weight is 238 g/mol. The summed E-state index contributed by atoms with van der Waals surface area (Å²) in [5.74, 6) is 1.97. The summed E-state index contributed by atoms with van der Waals surface area (Å²) in [7, 11) is 2.32. The summed E-state index contributed by atoms with van der Waals surface area (Å²) in [6.45, 7) is 5.19. The molecule has 1 unspecified atom stereocenters. The quantitative estimate of drug-likeness (QED) is 0.765. The number of hydrogen-bond acceptors (Lipinski definition) is 2. The van der Waals surface area contributed by atoms with Crippen LogP contribution in [0.4, 0.5) is 0 Å². The van der Waals surface area contributed by atoms with Crippen LogP contribution in [0.15, 0.2) is 0 Å². The normalized spacial score (nSPS) is 26.8. The number of rotatable bonds is 6. The van der Waals surface area contributed by atoms with E-state index in [0.717, 1.165) is 11.8 Å². The fourth-order valence-corrected chi connectivity index (χ4v) is 3.51. The second-order valence-electron chi connectivity index (χ2n) is 6.27. The van der Waals surface area contributed by atoms with Gasteiger partial charge in [0.15, 0.2) is 0 Å². The molecule has 0 bridgehead atoms. The van der Waals surface area contributed by atoms with E-state index < -0.39 is 0 Å². The van der Waals surface area contributed by atoms with E-state index in [1.54, 1.807) is 0 Å². The van der Waals surface area contributed by atoms with Crippen LogP contribution in [-0.4, -0.2) is 38.1 Å². The zero-order valence-electron chi connectivity index (χ0n) is 11.6. The van der Waals surface area contributed by atoms with Gasteiger partial charge in [0.2, 0.25) is 0 Å². The third-order valence-electron chi connectivity index (χ3n) is 4.61. The largest absolute Gasteiger partial charge is 0.316 e. The lowest BCUT2D eigenvalue weighted by Gasteiger charge is -2.27. The fourth-order valence-electron chi connectivity index (χ4n) is 3.51. The molecule has 0 spiro atoms. The van der Waals surface area contributed by atoms with Crippen molar-refractivity contribution < 1.29 is 0 Å². The van der Waals surface area contributed by atoms with Gasteiger partial charge in [0, 0.05) is 6.54 Å². The van der Waals surface area contributed by atoms with Gasteiger partial charge in [-0.05, 0) is 70.6 Å². The van der Waals surface area contributed by atoms with Crippen molar-refractivity contribution in [2.24, 2.45) is 11.8 Å². The van der Waals surface area contributed by atoms with Gasteiger partial charge in [0.05, 0.1) is 0 Å². The first kappa shape index (κ1) is 13.4. The van der Waals surface area contributed by atoms with Gasteiger partial charge >= 0.3 is 0 Å². The van der Waals surface area contributed by atoms with Crippen LogP contribution in [0.2, 0.25) is 0 Å². The van der Waals surface area contributed by atoms with Crippen LogP contribution in [0, 0.1) is 11.8 Å². The smallest absolute Gasteiger partial charge is 0.000661 e. The standard InChI is InChI=1S/C15H30N2/c1-17(13-15-6-3-2-4-7-15)11-5-8-14-9-10-16-12-14/h14-16H,2-13H2,1H3. The molecule has 1 saturated carbocycles. The number of nitrogens with one attached hydrogen (secondary N) is 1. The summed E-state index contributed by atoms with van der Waals surface area (Å²) in [6, 6.07) is 0. The van der Waals surface area contributed by atoms with Crippen molar-refractivity contribution in [2.75, 3.05) is 33.2 Å². The molecule has 1 N–H and O–H groups in total. The van der Waals surface area contributed by atoms with Gasteiger partial charge in [0.25, 0.3) is 0 Å². The Hall–Kier alpha value is -0.0800. The molecule has 2 rings (SSSR count). The highest BCUT2D eigenvalue weighted by Gasteiger charge is 2.16. The molecule has 2 fully saturated rings. The monoisotopic (exact) mass is 238 g/mol. The fraction of sp³-hybridized carbons (Fsp3) is 1.00. The van der Waals surface area contributed by atoms with Crippen molar-refractivity contribution in [1.82, 2.24) is 10.2 Å². The van der Waals surface area contributed by atoms with Gasteiger partial charge in [0.1, 0.15) is 0 Å². The maximum absolute atomic E-state index is 3.46. The van der Waals surface area contributed by atoms with Crippen LogP contribution >= 0.6 is 0 Å². The summed E-state index contributed by atoms with van der Waals surface area (Å²) in [4.78, 5) is 2.58. The lowest BCUT2D eigenvalue weighted by atomic mass is 9.89. The van der Waals surface area contributed by atoms with E-state index in [0.29, 0.717) is 0 Å². The van der Waals surface area contributed by atoms with Crippen molar-refractivity contribution in [3.63, 3.8) is 0 Å². The first-order valence-electron chi connectivity index (χ1n) is 7.74. The average Bonchev–Trinajstić information content (AvgIpc) is 2.83. The molecule has 1 aliphatic heterocycles. The minimum Gasteiger partial charge on any atom is -0.316 e. The maximum atomic E-state index is 3.46. The second-order valence-corrected chi connectivity index (χ2v) is 6.27. The second kappa shape index (κ2) is 7.38. The Bertz CT molecular complexity index is 193. The predicted molar refractivity (Wildman–Crippen MR) is 74.3 cm³/mol. The highest BCUT2D eigenvalue weighted by atomic mass is 15.1. The zero-order valence-corrected chi connectivity index (χ0v) is 11.6. The molecule has 100 valence electrons. The maximum Gasteiger partial charge on any atom is 0.000661 e. The van der Waals surface area contributed by atoms with Gasteiger partial charge in [-0.3, -0.25) is 0 Å². The summed E-state index contributed by atoms with van der Waals surface area (Å²) in [6.07, 6.45) is 11.6. The molecule has 17 heavy (non-hydrogen) atoms. The first-order chi connectivity index (χ1) is 8.34. The molecule has 2 heteroatoms. The van der Waals surface area contributed by atoms with Gasteiger partial charge in [-0.2, -0.15) is 0 Å². The summed E-state index contributed by atoms with van der Waals surface area (Å²) >= 11 is 0. The SMILES string of the molecule is CN(CCCC1CCNC1)CC1CCCCC1. The molecular formula is C15H30N2. The molecule has 1 heterocycles. The molecule has 0 aromatic rings. The molecule has 0 aromatic carbocycles. The Labute approximate surface area is 107 Å². The summed E-state index contributed by atoms with van der Waals surface area (Å²) in [5, 5.41) is 3.46. The van der Waals surface area contributed by atoms with Gasteiger partial charge < -0.3 is 10.2 Å². The number of nitrogens with zero attached hydrogens (tertiary/aromatic N) is 1. The van der Waals surface area contributed by atoms with Crippen molar-refractivity contribution in [1.29, 1.82) is 0 Å². The third kappa shape index (κ3) is 4.97. The van der Waals surface area contributed by atoms with Crippen LogP contribution in [0.1, 0.15) is 51.4 Å². The third-order valence-corrected chi connectivity index (χ3v) is 4.61. The van der Waals surface area contributed by atoms with Crippen molar-refractivity contribution in [3.8, 4) is 0 Å². The van der Waals surface area contributed by atoms with E-state index in [9.17, 15) is 0 Å². The van der Waals surface area contributed by atoms with Crippen LogP contribution in [-0.2, 0) is 0 Å². The Morgan fingerprint density at radius 3 is 2.59 bits per heavy atom. The molecular weight excluding hydrogens is 208 g/mol. The number of hydrogen-bond donors (Lipinski definition) is 1. The molecule has 1 saturated heterocycles. The Morgan fingerprint density at radius 1 is 1.06 bits per heavy atom. The first-order valence-corrected chi connectivity index (χ1v) is 7.74. The Morgan fingerprint density at radius 2 is 1.88 bits per heavy atom. The molecule has 0 radical (unpaired) electrons. The molecule has 2 nitrogen and oxygen atoms in total. The van der Waals surface area contributed by atoms with Crippen molar-refractivity contribution in [2.45, 2.75) is 51.4 Å². The zero-order chi connectivity index (χ0) is 11.9. The van der Waals surface area contributed by atoms with E-state index in [-0.39, 0.29) is 0 Å². The van der Waals surface area contributed by atoms with Gasteiger partial charge in [-0.1, -0.05) is 19.3 Å². The van der Waals surface area contributed by atoms with E-state index in [1.165, 1.54) is 77.5 Å². The van der Waals surface area contributed by atoms with Crippen LogP contribution in [0.5, 0.6) is 0 Å². The van der Waals surface area contributed by atoms with Crippen molar-refractivity contribution >= 4 is 0 Å². The van der Waals surface area contributed by atoms with Crippen LogP contribution in [0.3, 0.4) is 0 Å². The molecule has 1 atom stereocenters. The van der Waals surface area contributed by atoms with Gasteiger partial charge in [-0.25, -0.2) is 0 Å². The summed E-state index contributed by atoms with van der Waals surface area (Å²) < 4.78 is 0. The lowest BCUT2D eigenvalue weighted by Crippen LogP contribution is -2.28. The highest BCUT2D eigenvalue weighted by Crippen LogP contribution is 2.24. The van der Waals surface area contributed by atoms with Crippen LogP contribution in [0.25, 0.3) is 0 Å². The van der Waals surface area contributed by atoms with E-state index in [2.05, 4.69) is 17.3 Å². The topological polar surface area (TPSA) is 15.3 Å². The minimum absolute atomic E-state index is 0.970. The lowest BCUT2D eigenvalue weighted by molar-refractivity contribution is 0.227. The van der Waals surface area contributed by atoms with Gasteiger partial charge in [-0.15, -0.1) is 0 Å². The van der Waals surface area contributed by atoms with Crippen molar-refractivity contribution in [3.05, 3.63) is 0 Å². The molecule has 0 amide bonds. The Kier molecular flexibility index (Phi) is 5.79. The van der Waals surface area contributed by atoms with E-state index in [1.807, 2.05) is 0 Å². The predicted octanol–water partition coefficient (Wildman–Crippen LogP) is 2.89. The van der Waals surface area contributed by atoms with E-state index >= 15 is 0 Å². The van der Waals surface area contributed by atoms with Crippen LogP contribution < -0.4 is 5.32 Å². The molecule has 1 aliphatic carbocycles. The minimum atomic E-state index is 0.970. The highest BCUT2D eigenvalue weighted by molar-refractivity contribution is 4.72. The molecule has 2 aliphatic rings. The Balaban J connectivity index is 1.52. The van der Waals surface area contributed by atoms with E-state index in [4.69, 9.17) is 0 Å². The summed E-state index contributed by atoms with van der Waals surface area (Å²) in [5.41, 5.74) is 0.